The van der Waals surface area contributed by atoms with Gasteiger partial charge in [0.2, 0.25) is 0 Å². The molecule has 0 aliphatic rings. The highest BCUT2D eigenvalue weighted by Crippen LogP contribution is 2.21. The Labute approximate surface area is 127 Å². The van der Waals surface area contributed by atoms with E-state index in [9.17, 15) is 0 Å². The third-order valence-corrected chi connectivity index (χ3v) is 4.67. The lowest BCUT2D eigenvalue weighted by molar-refractivity contribution is 0.322. The predicted molar refractivity (Wildman–Crippen MR) is 87.5 cm³/mol. The van der Waals surface area contributed by atoms with Crippen LogP contribution < -0.4 is 5.73 Å². The van der Waals surface area contributed by atoms with Gasteiger partial charge in [-0.05, 0) is 71.0 Å². The monoisotopic (exact) mass is 338 g/mol. The second-order valence-electron chi connectivity index (χ2n) is 4.80. The van der Waals surface area contributed by atoms with Crippen LogP contribution in [0.5, 0.6) is 0 Å². The van der Waals surface area contributed by atoms with Gasteiger partial charge in [-0.2, -0.15) is 0 Å². The SMILES string of the molecule is CN(CCCc1ccccc1N)Cc1csc(Br)c1. The molecule has 0 fully saturated rings. The number of nitrogens with zero attached hydrogens (tertiary/aromatic N) is 1. The van der Waals surface area contributed by atoms with Gasteiger partial charge in [-0.25, -0.2) is 0 Å². The molecule has 1 heterocycles. The van der Waals surface area contributed by atoms with E-state index in [0.717, 1.165) is 31.6 Å². The highest BCUT2D eigenvalue weighted by molar-refractivity contribution is 9.11. The number of aryl methyl sites for hydroxylation is 1. The molecule has 4 heteroatoms. The Kier molecular flexibility index (Phi) is 5.43. The van der Waals surface area contributed by atoms with Gasteiger partial charge in [0.1, 0.15) is 0 Å². The van der Waals surface area contributed by atoms with Gasteiger partial charge in [0.25, 0.3) is 0 Å². The maximum absolute atomic E-state index is 5.95. The molecule has 2 N–H and O–H groups in total. The number of para-hydroxylation sites is 1. The molecule has 2 nitrogen and oxygen atoms in total. The molecule has 0 saturated heterocycles. The Morgan fingerprint density at radius 2 is 2.11 bits per heavy atom. The van der Waals surface area contributed by atoms with Gasteiger partial charge >= 0.3 is 0 Å². The van der Waals surface area contributed by atoms with Crippen LogP contribution in [0.2, 0.25) is 0 Å². The third kappa shape index (κ3) is 4.64. The zero-order valence-corrected chi connectivity index (χ0v) is 13.5. The fourth-order valence-electron chi connectivity index (χ4n) is 2.12. The molecule has 102 valence electrons. The van der Waals surface area contributed by atoms with Crippen LogP contribution in [0, 0.1) is 0 Å². The number of hydrogen-bond donors (Lipinski definition) is 1. The Hall–Kier alpha value is -0.840. The van der Waals surface area contributed by atoms with Crippen LogP contribution in [0.25, 0.3) is 0 Å². The highest BCUT2D eigenvalue weighted by Gasteiger charge is 2.03. The van der Waals surface area contributed by atoms with Gasteiger partial charge < -0.3 is 10.6 Å². The summed E-state index contributed by atoms with van der Waals surface area (Å²) in [6, 6.07) is 10.3. The van der Waals surface area contributed by atoms with Crippen LogP contribution in [0.15, 0.2) is 39.5 Å². The van der Waals surface area contributed by atoms with Crippen LogP contribution in [-0.2, 0) is 13.0 Å². The molecule has 0 radical (unpaired) electrons. The second kappa shape index (κ2) is 7.08. The zero-order valence-electron chi connectivity index (χ0n) is 11.1. The molecular formula is C15H19BrN2S. The van der Waals surface area contributed by atoms with Crippen LogP contribution in [-0.4, -0.2) is 18.5 Å². The summed E-state index contributed by atoms with van der Waals surface area (Å²) in [6.07, 6.45) is 2.18. The summed E-state index contributed by atoms with van der Waals surface area (Å²) in [5.41, 5.74) is 9.49. The summed E-state index contributed by atoms with van der Waals surface area (Å²) in [6.45, 7) is 2.09. The first-order valence-electron chi connectivity index (χ1n) is 6.40. The van der Waals surface area contributed by atoms with E-state index in [2.05, 4.69) is 51.5 Å². The molecule has 19 heavy (non-hydrogen) atoms. The standard InChI is InChI=1S/C15H19BrN2S/c1-18(10-12-9-15(16)19-11-12)8-4-6-13-5-2-3-7-14(13)17/h2-3,5,7,9,11H,4,6,8,10,17H2,1H3. The van der Waals surface area contributed by atoms with E-state index < -0.39 is 0 Å². The molecule has 0 spiro atoms. The molecule has 0 unspecified atom stereocenters. The van der Waals surface area contributed by atoms with Gasteiger partial charge in [-0.3, -0.25) is 0 Å². The summed E-state index contributed by atoms with van der Waals surface area (Å²) >= 11 is 5.24. The average Bonchev–Trinajstić information content (AvgIpc) is 2.77. The van der Waals surface area contributed by atoms with Crippen molar-refractivity contribution in [3.63, 3.8) is 0 Å². The Morgan fingerprint density at radius 3 is 2.79 bits per heavy atom. The van der Waals surface area contributed by atoms with Gasteiger partial charge in [-0.15, -0.1) is 11.3 Å². The third-order valence-electron chi connectivity index (χ3n) is 3.12. The van der Waals surface area contributed by atoms with Crippen LogP contribution in [0.4, 0.5) is 5.69 Å². The number of nitrogen functional groups attached to an aromatic ring is 1. The minimum absolute atomic E-state index is 0.909. The number of anilines is 1. The first kappa shape index (κ1) is 14.6. The van der Waals surface area contributed by atoms with Crippen molar-refractivity contribution in [3.8, 4) is 0 Å². The predicted octanol–water partition coefficient (Wildman–Crippen LogP) is 4.16. The number of hydrogen-bond acceptors (Lipinski definition) is 3. The minimum atomic E-state index is 0.909. The molecule has 1 aromatic heterocycles. The number of nitrogens with two attached hydrogens (primary N) is 1. The normalized spacial score (nSPS) is 11.1. The summed E-state index contributed by atoms with van der Waals surface area (Å²) < 4.78 is 1.20. The van der Waals surface area contributed by atoms with Gasteiger partial charge in [0, 0.05) is 12.2 Å². The topological polar surface area (TPSA) is 29.3 Å². The molecule has 0 amide bonds. The van der Waals surface area contributed by atoms with E-state index >= 15 is 0 Å². The minimum Gasteiger partial charge on any atom is -0.399 e. The molecule has 1 aromatic carbocycles. The Morgan fingerprint density at radius 1 is 1.32 bits per heavy atom. The largest absolute Gasteiger partial charge is 0.399 e. The van der Waals surface area contributed by atoms with Crippen molar-refractivity contribution in [1.82, 2.24) is 4.90 Å². The quantitative estimate of drug-likeness (QED) is 0.801. The van der Waals surface area contributed by atoms with Gasteiger partial charge in [0.05, 0.1) is 3.79 Å². The first-order chi connectivity index (χ1) is 9.15. The number of thiophene rings is 1. The van der Waals surface area contributed by atoms with Crippen molar-refractivity contribution < 1.29 is 0 Å². The molecule has 0 aliphatic heterocycles. The molecule has 2 aromatic rings. The highest BCUT2D eigenvalue weighted by atomic mass is 79.9. The fraction of sp³-hybridized carbons (Fsp3) is 0.333. The van der Waals surface area contributed by atoms with Crippen molar-refractivity contribution >= 4 is 33.0 Å². The van der Waals surface area contributed by atoms with Gasteiger partial charge in [0.15, 0.2) is 0 Å². The van der Waals surface area contributed by atoms with Crippen molar-refractivity contribution in [2.45, 2.75) is 19.4 Å². The maximum atomic E-state index is 5.95. The molecule has 0 atom stereocenters. The van der Waals surface area contributed by atoms with E-state index in [1.807, 2.05) is 12.1 Å². The molecular weight excluding hydrogens is 320 g/mol. The average molecular weight is 339 g/mol. The van der Waals surface area contributed by atoms with E-state index in [4.69, 9.17) is 5.73 Å². The molecule has 0 saturated carbocycles. The Bertz CT molecular complexity index is 524. The number of halogens is 1. The van der Waals surface area contributed by atoms with E-state index in [-0.39, 0.29) is 0 Å². The van der Waals surface area contributed by atoms with Crippen LogP contribution in [0.1, 0.15) is 17.5 Å². The lowest BCUT2D eigenvalue weighted by Crippen LogP contribution is -2.19. The molecule has 2 rings (SSSR count). The zero-order chi connectivity index (χ0) is 13.7. The maximum Gasteiger partial charge on any atom is 0.0701 e. The van der Waals surface area contributed by atoms with Crippen molar-refractivity contribution in [2.75, 3.05) is 19.3 Å². The van der Waals surface area contributed by atoms with Crippen LogP contribution >= 0.6 is 27.3 Å². The van der Waals surface area contributed by atoms with E-state index in [1.165, 1.54) is 14.9 Å². The lowest BCUT2D eigenvalue weighted by atomic mass is 10.1. The van der Waals surface area contributed by atoms with Gasteiger partial charge in [-0.1, -0.05) is 18.2 Å². The second-order valence-corrected chi connectivity index (χ2v) is 7.09. The van der Waals surface area contributed by atoms with Crippen LogP contribution in [0.3, 0.4) is 0 Å². The Balaban J connectivity index is 1.75. The van der Waals surface area contributed by atoms with E-state index in [1.54, 1.807) is 11.3 Å². The van der Waals surface area contributed by atoms with Crippen molar-refractivity contribution in [2.24, 2.45) is 0 Å². The van der Waals surface area contributed by atoms with Crippen molar-refractivity contribution in [3.05, 3.63) is 50.6 Å². The summed E-state index contributed by atoms with van der Waals surface area (Å²) in [5.74, 6) is 0. The molecule has 0 bridgehead atoms. The number of benzene rings is 1. The van der Waals surface area contributed by atoms with E-state index in [0.29, 0.717) is 0 Å². The fourth-order valence-corrected chi connectivity index (χ4v) is 3.32. The summed E-state index contributed by atoms with van der Waals surface area (Å²) in [4.78, 5) is 2.35. The number of rotatable bonds is 6. The summed E-state index contributed by atoms with van der Waals surface area (Å²) in [7, 11) is 2.17. The smallest absolute Gasteiger partial charge is 0.0701 e. The molecule has 0 aliphatic carbocycles. The lowest BCUT2D eigenvalue weighted by Gasteiger charge is -2.16. The van der Waals surface area contributed by atoms with Crippen molar-refractivity contribution in [1.29, 1.82) is 0 Å². The first-order valence-corrected chi connectivity index (χ1v) is 8.07. The summed E-state index contributed by atoms with van der Waals surface area (Å²) in [5, 5.41) is 2.20.